The molecule has 1 aromatic rings. The minimum atomic E-state index is -0.175. The van der Waals surface area contributed by atoms with Gasteiger partial charge in [0.1, 0.15) is 5.75 Å². The molecular formula is C12H16O3. The fourth-order valence-electron chi connectivity index (χ4n) is 1.48. The molecule has 0 aliphatic heterocycles. The predicted molar refractivity (Wildman–Crippen MR) is 57.6 cm³/mol. The molecule has 1 aromatic carbocycles. The summed E-state index contributed by atoms with van der Waals surface area (Å²) in [5, 5.41) is 9.11. The van der Waals surface area contributed by atoms with Crippen molar-refractivity contribution in [3.8, 4) is 5.75 Å². The van der Waals surface area contributed by atoms with E-state index in [4.69, 9.17) is 9.84 Å². The molecule has 0 heterocycles. The molecule has 0 aromatic heterocycles. The zero-order valence-electron chi connectivity index (χ0n) is 9.06. The van der Waals surface area contributed by atoms with Crippen LogP contribution < -0.4 is 0 Å². The van der Waals surface area contributed by atoms with Gasteiger partial charge < -0.3 is 9.84 Å². The van der Waals surface area contributed by atoms with Crippen molar-refractivity contribution in [3.05, 3.63) is 29.8 Å². The first-order chi connectivity index (χ1) is 7.17. The summed E-state index contributed by atoms with van der Waals surface area (Å²) in [6, 6.07) is 6.89. The van der Waals surface area contributed by atoms with Crippen LogP contribution in [-0.2, 0) is 16.0 Å². The minimum absolute atomic E-state index is 0.0976. The average molecular weight is 208 g/mol. The van der Waals surface area contributed by atoms with Gasteiger partial charge in [-0.25, -0.2) is 0 Å². The number of carbonyl (C=O) groups is 1. The number of esters is 1. The van der Waals surface area contributed by atoms with Crippen molar-refractivity contribution in [2.75, 3.05) is 7.11 Å². The zero-order valence-corrected chi connectivity index (χ0v) is 9.06. The highest BCUT2D eigenvalue weighted by Crippen LogP contribution is 2.16. The molecule has 1 rings (SSSR count). The number of benzene rings is 1. The quantitative estimate of drug-likeness (QED) is 0.771. The summed E-state index contributed by atoms with van der Waals surface area (Å²) in [5.74, 6) is -0.0324. The van der Waals surface area contributed by atoms with Crippen molar-refractivity contribution in [1.29, 1.82) is 0 Å². The first-order valence-electron chi connectivity index (χ1n) is 5.03. The van der Waals surface area contributed by atoms with Gasteiger partial charge in [0, 0.05) is 0 Å². The van der Waals surface area contributed by atoms with Gasteiger partial charge in [-0.15, -0.1) is 0 Å². The third kappa shape index (κ3) is 3.27. The van der Waals surface area contributed by atoms with E-state index in [-0.39, 0.29) is 17.6 Å². The summed E-state index contributed by atoms with van der Waals surface area (Å²) < 4.78 is 4.71. The Morgan fingerprint density at radius 3 is 2.47 bits per heavy atom. The SMILES string of the molecule is CC[C@H](Cc1ccc(O)cc1)C(=O)OC. The molecule has 3 heteroatoms. The van der Waals surface area contributed by atoms with Crippen molar-refractivity contribution >= 4 is 5.97 Å². The van der Waals surface area contributed by atoms with E-state index in [2.05, 4.69) is 0 Å². The molecule has 0 saturated heterocycles. The van der Waals surface area contributed by atoms with Crippen molar-refractivity contribution < 1.29 is 14.6 Å². The smallest absolute Gasteiger partial charge is 0.308 e. The van der Waals surface area contributed by atoms with Crippen molar-refractivity contribution in [1.82, 2.24) is 0 Å². The zero-order chi connectivity index (χ0) is 11.3. The maximum Gasteiger partial charge on any atom is 0.308 e. The van der Waals surface area contributed by atoms with E-state index in [0.29, 0.717) is 6.42 Å². The van der Waals surface area contributed by atoms with Crippen molar-refractivity contribution in [3.63, 3.8) is 0 Å². The molecule has 3 nitrogen and oxygen atoms in total. The van der Waals surface area contributed by atoms with Crippen LogP contribution in [0.4, 0.5) is 0 Å². The van der Waals surface area contributed by atoms with Crippen molar-refractivity contribution in [2.24, 2.45) is 5.92 Å². The van der Waals surface area contributed by atoms with Gasteiger partial charge in [0.25, 0.3) is 0 Å². The molecule has 0 spiro atoms. The number of phenols is 1. The molecule has 1 N–H and O–H groups in total. The van der Waals surface area contributed by atoms with Gasteiger partial charge in [0.05, 0.1) is 13.0 Å². The standard InChI is InChI=1S/C12H16O3/c1-3-10(12(14)15-2)8-9-4-6-11(13)7-5-9/h4-7,10,13H,3,8H2,1-2H3/t10-/m1/s1. The summed E-state index contributed by atoms with van der Waals surface area (Å²) in [5.41, 5.74) is 1.03. The lowest BCUT2D eigenvalue weighted by Gasteiger charge is -2.12. The van der Waals surface area contributed by atoms with Gasteiger partial charge in [-0.2, -0.15) is 0 Å². The van der Waals surface area contributed by atoms with Gasteiger partial charge in [0.15, 0.2) is 0 Å². The van der Waals surface area contributed by atoms with E-state index >= 15 is 0 Å². The Bertz CT molecular complexity index is 316. The number of ether oxygens (including phenoxy) is 1. The molecule has 0 bridgehead atoms. The maximum absolute atomic E-state index is 11.3. The molecule has 82 valence electrons. The number of aromatic hydroxyl groups is 1. The lowest BCUT2D eigenvalue weighted by Crippen LogP contribution is -2.17. The third-order valence-corrected chi connectivity index (χ3v) is 2.45. The largest absolute Gasteiger partial charge is 0.508 e. The molecule has 0 aliphatic rings. The lowest BCUT2D eigenvalue weighted by atomic mass is 9.97. The predicted octanol–water partition coefficient (Wildman–Crippen LogP) is 2.13. The van der Waals surface area contributed by atoms with Crippen LogP contribution in [0.15, 0.2) is 24.3 Å². The topological polar surface area (TPSA) is 46.5 Å². The normalized spacial score (nSPS) is 12.1. The van der Waals surface area contributed by atoms with Crippen LogP contribution in [0, 0.1) is 5.92 Å². The molecular weight excluding hydrogens is 192 g/mol. The number of hydrogen-bond donors (Lipinski definition) is 1. The highest BCUT2D eigenvalue weighted by Gasteiger charge is 2.17. The highest BCUT2D eigenvalue weighted by atomic mass is 16.5. The Hall–Kier alpha value is -1.51. The third-order valence-electron chi connectivity index (χ3n) is 2.45. The summed E-state index contributed by atoms with van der Waals surface area (Å²) in [4.78, 5) is 11.3. The van der Waals surface area contributed by atoms with E-state index in [1.54, 1.807) is 12.1 Å². The number of carbonyl (C=O) groups excluding carboxylic acids is 1. The number of methoxy groups -OCH3 is 1. The Kier molecular flexibility index (Phi) is 4.16. The van der Waals surface area contributed by atoms with Crippen LogP contribution in [0.3, 0.4) is 0 Å². The second-order valence-corrected chi connectivity index (χ2v) is 3.50. The van der Waals surface area contributed by atoms with E-state index in [0.717, 1.165) is 12.0 Å². The fourth-order valence-corrected chi connectivity index (χ4v) is 1.48. The van der Waals surface area contributed by atoms with Crippen LogP contribution in [0.5, 0.6) is 5.75 Å². The molecule has 0 saturated carbocycles. The van der Waals surface area contributed by atoms with Crippen LogP contribution in [0.25, 0.3) is 0 Å². The van der Waals surface area contributed by atoms with Gasteiger partial charge in [-0.05, 0) is 30.5 Å². The summed E-state index contributed by atoms with van der Waals surface area (Å²) in [6.07, 6.45) is 1.41. The fraction of sp³-hybridized carbons (Fsp3) is 0.417. The molecule has 0 unspecified atom stereocenters. The van der Waals surface area contributed by atoms with E-state index in [1.165, 1.54) is 7.11 Å². The Balaban J connectivity index is 2.66. The van der Waals surface area contributed by atoms with Crippen LogP contribution in [0.1, 0.15) is 18.9 Å². The number of phenolic OH excluding ortho intramolecular Hbond substituents is 1. The van der Waals surface area contributed by atoms with Gasteiger partial charge in [-0.3, -0.25) is 4.79 Å². The molecule has 0 fully saturated rings. The monoisotopic (exact) mass is 208 g/mol. The van der Waals surface area contributed by atoms with Crippen LogP contribution >= 0.6 is 0 Å². The van der Waals surface area contributed by atoms with Crippen molar-refractivity contribution in [2.45, 2.75) is 19.8 Å². The Morgan fingerprint density at radius 1 is 1.40 bits per heavy atom. The first-order valence-corrected chi connectivity index (χ1v) is 5.03. The van der Waals surface area contributed by atoms with Gasteiger partial charge in [0.2, 0.25) is 0 Å². The second kappa shape index (κ2) is 5.39. The van der Waals surface area contributed by atoms with E-state index < -0.39 is 0 Å². The molecule has 0 aliphatic carbocycles. The molecule has 15 heavy (non-hydrogen) atoms. The van der Waals surface area contributed by atoms with E-state index in [9.17, 15) is 4.79 Å². The Labute approximate surface area is 89.7 Å². The summed E-state index contributed by atoms with van der Waals surface area (Å²) in [7, 11) is 1.40. The van der Waals surface area contributed by atoms with E-state index in [1.807, 2.05) is 19.1 Å². The minimum Gasteiger partial charge on any atom is -0.508 e. The second-order valence-electron chi connectivity index (χ2n) is 3.50. The van der Waals surface area contributed by atoms with Gasteiger partial charge >= 0.3 is 5.97 Å². The summed E-state index contributed by atoms with van der Waals surface area (Å²) in [6.45, 7) is 1.96. The number of hydrogen-bond acceptors (Lipinski definition) is 3. The lowest BCUT2D eigenvalue weighted by molar-refractivity contribution is -0.145. The molecule has 0 radical (unpaired) electrons. The first kappa shape index (κ1) is 11.6. The summed E-state index contributed by atoms with van der Waals surface area (Å²) >= 11 is 0. The molecule has 0 amide bonds. The highest BCUT2D eigenvalue weighted by molar-refractivity contribution is 5.72. The van der Waals surface area contributed by atoms with Gasteiger partial charge in [-0.1, -0.05) is 19.1 Å². The maximum atomic E-state index is 11.3. The van der Waals surface area contributed by atoms with Crippen LogP contribution in [0.2, 0.25) is 0 Å². The Morgan fingerprint density at radius 2 is 2.00 bits per heavy atom. The number of rotatable bonds is 4. The molecule has 1 atom stereocenters. The average Bonchev–Trinajstić information content (AvgIpc) is 2.27. The van der Waals surface area contributed by atoms with Crippen LogP contribution in [-0.4, -0.2) is 18.2 Å².